The van der Waals surface area contributed by atoms with Gasteiger partial charge in [0, 0.05) is 5.92 Å². The van der Waals surface area contributed by atoms with E-state index in [0.29, 0.717) is 16.3 Å². The predicted molar refractivity (Wildman–Crippen MR) is 66.0 cm³/mol. The van der Waals surface area contributed by atoms with Crippen molar-refractivity contribution in [3.63, 3.8) is 0 Å². The van der Waals surface area contributed by atoms with Gasteiger partial charge in [-0.3, -0.25) is 9.89 Å². The first-order chi connectivity index (χ1) is 8.72. The van der Waals surface area contributed by atoms with Crippen LogP contribution < -0.4 is 5.32 Å². The molecule has 2 N–H and O–H groups in total. The van der Waals surface area contributed by atoms with Gasteiger partial charge in [0.2, 0.25) is 5.82 Å². The van der Waals surface area contributed by atoms with Gasteiger partial charge in [-0.25, -0.2) is 15.0 Å². The number of anilines is 1. The zero-order valence-corrected chi connectivity index (χ0v) is 10.8. The van der Waals surface area contributed by atoms with Crippen LogP contribution >= 0.6 is 15.9 Å². The lowest BCUT2D eigenvalue weighted by atomic mass is 10.4. The summed E-state index contributed by atoms with van der Waals surface area (Å²) < 4.78 is 0.606. The van der Waals surface area contributed by atoms with Crippen molar-refractivity contribution in [2.24, 2.45) is 0 Å². The van der Waals surface area contributed by atoms with Crippen LogP contribution in [-0.4, -0.2) is 31.1 Å². The van der Waals surface area contributed by atoms with Gasteiger partial charge < -0.3 is 5.32 Å². The zero-order chi connectivity index (χ0) is 12.5. The van der Waals surface area contributed by atoms with Crippen molar-refractivity contribution in [1.82, 2.24) is 25.1 Å². The van der Waals surface area contributed by atoms with E-state index in [9.17, 15) is 4.79 Å². The summed E-state index contributed by atoms with van der Waals surface area (Å²) in [5, 5.41) is 9.24. The number of rotatable bonds is 3. The maximum Gasteiger partial charge on any atom is 0.296 e. The molecule has 0 aliphatic heterocycles. The van der Waals surface area contributed by atoms with Crippen LogP contribution in [0.5, 0.6) is 0 Å². The third kappa shape index (κ3) is 2.37. The van der Waals surface area contributed by atoms with E-state index in [-0.39, 0.29) is 5.82 Å². The van der Waals surface area contributed by atoms with Gasteiger partial charge in [-0.05, 0) is 28.8 Å². The fraction of sp³-hybridized carbons (Fsp3) is 0.300. The molecule has 2 aromatic heterocycles. The molecule has 7 nitrogen and oxygen atoms in total. The van der Waals surface area contributed by atoms with Gasteiger partial charge in [0.25, 0.3) is 5.91 Å². The monoisotopic (exact) mass is 308 g/mol. The van der Waals surface area contributed by atoms with Crippen LogP contribution in [-0.2, 0) is 0 Å². The van der Waals surface area contributed by atoms with E-state index in [2.05, 4.69) is 46.4 Å². The number of aromatic nitrogens is 5. The molecule has 0 spiro atoms. The highest BCUT2D eigenvalue weighted by atomic mass is 79.9. The minimum atomic E-state index is -0.394. The predicted octanol–water partition coefficient (Wildman–Crippen LogP) is 1.49. The van der Waals surface area contributed by atoms with E-state index < -0.39 is 5.91 Å². The van der Waals surface area contributed by atoms with Crippen LogP contribution in [0.2, 0.25) is 0 Å². The topological polar surface area (TPSA) is 96.5 Å². The van der Waals surface area contributed by atoms with Crippen LogP contribution in [0.3, 0.4) is 0 Å². The molecule has 0 aromatic carbocycles. The minimum Gasteiger partial charge on any atom is -0.302 e. The van der Waals surface area contributed by atoms with Gasteiger partial charge in [0.05, 0.1) is 12.4 Å². The van der Waals surface area contributed by atoms with E-state index in [1.807, 2.05) is 0 Å². The third-order valence-electron chi connectivity index (χ3n) is 2.53. The molecule has 0 bridgehead atoms. The van der Waals surface area contributed by atoms with Crippen LogP contribution in [0.25, 0.3) is 0 Å². The Hall–Kier alpha value is -1.83. The molecule has 2 heterocycles. The first-order valence-electron chi connectivity index (χ1n) is 5.43. The molecule has 2 aromatic rings. The molecule has 92 valence electrons. The maximum absolute atomic E-state index is 11.8. The lowest BCUT2D eigenvalue weighted by Crippen LogP contribution is -2.15. The molecule has 18 heavy (non-hydrogen) atoms. The number of nitrogens with one attached hydrogen (secondary N) is 2. The fourth-order valence-electron chi connectivity index (χ4n) is 1.46. The van der Waals surface area contributed by atoms with E-state index in [4.69, 9.17) is 0 Å². The van der Waals surface area contributed by atoms with Crippen LogP contribution in [0, 0.1) is 0 Å². The summed E-state index contributed by atoms with van der Waals surface area (Å²) >= 11 is 3.17. The molecule has 0 unspecified atom stereocenters. The van der Waals surface area contributed by atoms with Gasteiger partial charge in [-0.2, -0.15) is 0 Å². The Morgan fingerprint density at radius 2 is 2.22 bits per heavy atom. The van der Waals surface area contributed by atoms with Crippen molar-refractivity contribution in [1.29, 1.82) is 0 Å². The average Bonchev–Trinajstić information content (AvgIpc) is 3.10. The molecular formula is C10H9BrN6O. The number of amides is 1. The quantitative estimate of drug-likeness (QED) is 0.895. The summed E-state index contributed by atoms with van der Waals surface area (Å²) in [6, 6.07) is 0. The molecule has 3 rings (SSSR count). The molecule has 1 fully saturated rings. The zero-order valence-electron chi connectivity index (χ0n) is 9.22. The summed E-state index contributed by atoms with van der Waals surface area (Å²) in [7, 11) is 0. The Balaban J connectivity index is 1.71. The van der Waals surface area contributed by atoms with Crippen molar-refractivity contribution in [3.8, 4) is 0 Å². The molecule has 0 saturated heterocycles. The third-order valence-corrected chi connectivity index (χ3v) is 2.94. The second kappa shape index (κ2) is 4.45. The summed E-state index contributed by atoms with van der Waals surface area (Å²) in [5.41, 5.74) is 0. The van der Waals surface area contributed by atoms with E-state index in [0.717, 1.165) is 18.7 Å². The van der Waals surface area contributed by atoms with Crippen LogP contribution in [0.4, 0.5) is 5.82 Å². The standard InChI is InChI=1S/C10H9BrN6O/c11-6-3-13-7(4-12-6)14-10(18)9-15-8(16-17-9)5-1-2-5/h3-5H,1-2H2,(H,13,14,18)(H,15,16,17). The molecular weight excluding hydrogens is 300 g/mol. The number of carbonyl (C=O) groups excluding carboxylic acids is 1. The number of nitrogens with zero attached hydrogens (tertiary/aromatic N) is 4. The van der Waals surface area contributed by atoms with Crippen molar-refractivity contribution >= 4 is 27.7 Å². The van der Waals surface area contributed by atoms with Crippen molar-refractivity contribution in [3.05, 3.63) is 28.6 Å². The Kier molecular flexibility index (Phi) is 2.78. The lowest BCUT2D eigenvalue weighted by Gasteiger charge is -1.99. The van der Waals surface area contributed by atoms with Gasteiger partial charge >= 0.3 is 0 Å². The Bertz CT molecular complexity index is 576. The summed E-state index contributed by atoms with van der Waals surface area (Å²) in [4.78, 5) is 23.9. The minimum absolute atomic E-state index is 0.126. The Morgan fingerprint density at radius 3 is 2.89 bits per heavy atom. The molecule has 1 saturated carbocycles. The Labute approximate surface area is 111 Å². The first kappa shape index (κ1) is 11.3. The average molecular weight is 309 g/mol. The van der Waals surface area contributed by atoms with Gasteiger partial charge in [0.15, 0.2) is 5.82 Å². The molecule has 1 aliphatic rings. The summed E-state index contributed by atoms with van der Waals surface area (Å²) in [5.74, 6) is 1.31. The van der Waals surface area contributed by atoms with E-state index in [1.54, 1.807) is 0 Å². The van der Waals surface area contributed by atoms with Crippen LogP contribution in [0.1, 0.15) is 35.2 Å². The molecule has 0 atom stereocenters. The molecule has 1 amide bonds. The number of hydrogen-bond acceptors (Lipinski definition) is 5. The molecule has 1 aliphatic carbocycles. The first-order valence-corrected chi connectivity index (χ1v) is 6.23. The van der Waals surface area contributed by atoms with Gasteiger partial charge in [-0.15, -0.1) is 5.10 Å². The van der Waals surface area contributed by atoms with Gasteiger partial charge in [-0.1, -0.05) is 0 Å². The fourth-order valence-corrected chi connectivity index (χ4v) is 1.67. The maximum atomic E-state index is 11.8. The van der Waals surface area contributed by atoms with Crippen molar-refractivity contribution in [2.45, 2.75) is 18.8 Å². The van der Waals surface area contributed by atoms with Gasteiger partial charge in [0.1, 0.15) is 10.4 Å². The van der Waals surface area contributed by atoms with Crippen molar-refractivity contribution in [2.75, 3.05) is 5.32 Å². The second-order valence-corrected chi connectivity index (χ2v) is 4.81. The highest BCUT2D eigenvalue weighted by Gasteiger charge is 2.28. The number of halogens is 1. The van der Waals surface area contributed by atoms with Crippen molar-refractivity contribution < 1.29 is 4.79 Å². The Morgan fingerprint density at radius 1 is 1.39 bits per heavy atom. The largest absolute Gasteiger partial charge is 0.302 e. The lowest BCUT2D eigenvalue weighted by molar-refractivity contribution is 0.101. The highest BCUT2D eigenvalue weighted by Crippen LogP contribution is 2.37. The SMILES string of the molecule is O=C(Nc1cnc(Br)cn1)c1n[nH]c(C2CC2)n1. The normalized spacial score (nSPS) is 14.5. The summed E-state index contributed by atoms with van der Waals surface area (Å²) in [6.45, 7) is 0. The van der Waals surface area contributed by atoms with Crippen LogP contribution in [0.15, 0.2) is 17.0 Å². The summed E-state index contributed by atoms with van der Waals surface area (Å²) in [6.07, 6.45) is 5.17. The molecule has 8 heteroatoms. The smallest absolute Gasteiger partial charge is 0.296 e. The number of H-pyrrole nitrogens is 1. The number of carbonyl (C=O) groups is 1. The van der Waals surface area contributed by atoms with E-state index in [1.165, 1.54) is 12.4 Å². The highest BCUT2D eigenvalue weighted by molar-refractivity contribution is 9.10. The number of aromatic amines is 1. The second-order valence-electron chi connectivity index (χ2n) is 4.00. The molecule has 0 radical (unpaired) electrons. The van der Waals surface area contributed by atoms with E-state index >= 15 is 0 Å². The number of hydrogen-bond donors (Lipinski definition) is 2.